The first-order valence-corrected chi connectivity index (χ1v) is 8.91. The lowest BCUT2D eigenvalue weighted by atomic mass is 10.0. The summed E-state index contributed by atoms with van der Waals surface area (Å²) in [4.78, 5) is 23.8. The van der Waals surface area contributed by atoms with E-state index in [1.807, 2.05) is 36.4 Å². The van der Waals surface area contributed by atoms with Crippen LogP contribution in [0.1, 0.15) is 34.4 Å². The van der Waals surface area contributed by atoms with Crippen LogP contribution in [0.3, 0.4) is 0 Å². The molecule has 2 aromatic carbocycles. The molecule has 0 bridgehead atoms. The van der Waals surface area contributed by atoms with E-state index in [4.69, 9.17) is 13.9 Å². The van der Waals surface area contributed by atoms with Crippen LogP contribution in [-0.2, 0) is 26.5 Å². The van der Waals surface area contributed by atoms with Gasteiger partial charge in [0.25, 0.3) is 0 Å². The molecule has 0 saturated carbocycles. The molecule has 1 unspecified atom stereocenters. The summed E-state index contributed by atoms with van der Waals surface area (Å²) in [5.41, 5.74) is -0.206. The molecule has 29 heavy (non-hydrogen) atoms. The molecule has 1 heterocycles. The van der Waals surface area contributed by atoms with Crippen LogP contribution in [-0.4, -0.2) is 19.0 Å². The Labute approximate surface area is 168 Å². The maximum atomic E-state index is 12.0. The molecule has 1 atom stereocenters. The maximum absolute atomic E-state index is 12.0. The number of esters is 2. The lowest BCUT2D eigenvalue weighted by molar-refractivity contribution is -0.155. The molecular weight excluding hydrogens is 372 g/mol. The minimum absolute atomic E-state index is 0.0341. The van der Waals surface area contributed by atoms with Crippen LogP contribution in [0.2, 0.25) is 0 Å². The molecule has 3 rings (SSSR count). The van der Waals surface area contributed by atoms with Crippen molar-refractivity contribution < 1.29 is 23.5 Å². The van der Waals surface area contributed by atoms with Crippen molar-refractivity contribution in [2.24, 2.45) is 10.2 Å². The van der Waals surface area contributed by atoms with Gasteiger partial charge in [0.2, 0.25) is 5.76 Å². The van der Waals surface area contributed by atoms with Crippen molar-refractivity contribution in [2.45, 2.75) is 19.2 Å². The average molecular weight is 392 g/mol. The fraction of sp³-hybridized carbons (Fsp3) is 0.182. The van der Waals surface area contributed by atoms with Crippen molar-refractivity contribution in [1.29, 1.82) is 0 Å². The number of carbonyl (C=O) groups is 2. The first kappa shape index (κ1) is 20.0. The van der Waals surface area contributed by atoms with Gasteiger partial charge in [0.05, 0.1) is 13.7 Å². The number of nitrogens with zero attached hydrogens (tertiary/aromatic N) is 2. The Hall–Kier alpha value is -3.74. The van der Waals surface area contributed by atoms with Crippen LogP contribution in [0.15, 0.2) is 87.4 Å². The Bertz CT molecular complexity index is 998. The number of methoxy groups -OCH3 is 1. The van der Waals surface area contributed by atoms with Crippen molar-refractivity contribution >= 4 is 11.9 Å². The van der Waals surface area contributed by atoms with Crippen LogP contribution in [0.5, 0.6) is 0 Å². The number of azo groups is 1. The SMILES string of the molecule is COC(=O)c1ccc(C(N=NCc2ccccc2)(OC(C)=O)c2ccccc2)o1. The molecular formula is C22H20N2O5. The van der Waals surface area contributed by atoms with E-state index in [9.17, 15) is 9.59 Å². The largest absolute Gasteiger partial charge is 0.463 e. The van der Waals surface area contributed by atoms with E-state index in [2.05, 4.69) is 10.2 Å². The average Bonchev–Trinajstić information content (AvgIpc) is 3.24. The zero-order valence-corrected chi connectivity index (χ0v) is 16.1. The highest BCUT2D eigenvalue weighted by Gasteiger charge is 2.42. The van der Waals surface area contributed by atoms with Gasteiger partial charge in [0, 0.05) is 12.5 Å². The van der Waals surface area contributed by atoms with Gasteiger partial charge in [-0.05, 0) is 17.7 Å². The third-order valence-corrected chi connectivity index (χ3v) is 4.09. The minimum atomic E-state index is -1.67. The summed E-state index contributed by atoms with van der Waals surface area (Å²) in [5, 5.41) is 8.63. The molecule has 0 aliphatic heterocycles. The highest BCUT2D eigenvalue weighted by atomic mass is 16.6. The lowest BCUT2D eigenvalue weighted by Gasteiger charge is -2.26. The molecule has 1 aromatic heterocycles. The summed E-state index contributed by atoms with van der Waals surface area (Å²) in [5.74, 6) is -1.13. The Balaban J connectivity index is 2.08. The summed E-state index contributed by atoms with van der Waals surface area (Å²) in [6, 6.07) is 21.4. The predicted octanol–water partition coefficient (Wildman–Crippen LogP) is 4.48. The summed E-state index contributed by atoms with van der Waals surface area (Å²) < 4.78 is 16.0. The topological polar surface area (TPSA) is 90.5 Å². The second-order valence-corrected chi connectivity index (χ2v) is 6.14. The summed E-state index contributed by atoms with van der Waals surface area (Å²) in [6.45, 7) is 1.55. The van der Waals surface area contributed by atoms with Gasteiger partial charge in [0.1, 0.15) is 0 Å². The molecule has 0 radical (unpaired) electrons. The molecule has 0 spiro atoms. The van der Waals surface area contributed by atoms with Crippen molar-refractivity contribution in [2.75, 3.05) is 7.11 Å². The predicted molar refractivity (Wildman–Crippen MR) is 104 cm³/mol. The molecule has 7 nitrogen and oxygen atoms in total. The highest BCUT2D eigenvalue weighted by molar-refractivity contribution is 5.86. The van der Waals surface area contributed by atoms with Gasteiger partial charge in [-0.2, -0.15) is 5.11 Å². The van der Waals surface area contributed by atoms with E-state index in [1.165, 1.54) is 26.2 Å². The van der Waals surface area contributed by atoms with Gasteiger partial charge >= 0.3 is 17.7 Å². The van der Waals surface area contributed by atoms with Crippen LogP contribution in [0.4, 0.5) is 0 Å². The number of hydrogen-bond donors (Lipinski definition) is 0. The number of rotatable bonds is 7. The number of benzene rings is 2. The quantitative estimate of drug-likeness (QED) is 0.437. The summed E-state index contributed by atoms with van der Waals surface area (Å²) >= 11 is 0. The highest BCUT2D eigenvalue weighted by Crippen LogP contribution is 2.37. The molecule has 0 N–H and O–H groups in total. The first-order valence-electron chi connectivity index (χ1n) is 8.91. The maximum Gasteiger partial charge on any atom is 0.373 e. The molecule has 0 saturated heterocycles. The third-order valence-electron chi connectivity index (χ3n) is 4.09. The van der Waals surface area contributed by atoms with Crippen molar-refractivity contribution in [3.63, 3.8) is 0 Å². The van der Waals surface area contributed by atoms with E-state index in [0.717, 1.165) is 5.56 Å². The Morgan fingerprint density at radius 2 is 1.62 bits per heavy atom. The zero-order valence-electron chi connectivity index (χ0n) is 16.1. The van der Waals surface area contributed by atoms with E-state index >= 15 is 0 Å². The second kappa shape index (κ2) is 8.97. The van der Waals surface area contributed by atoms with Gasteiger partial charge in [0.15, 0.2) is 5.76 Å². The third kappa shape index (κ3) is 4.57. The van der Waals surface area contributed by atoms with Gasteiger partial charge in [-0.1, -0.05) is 60.7 Å². The Morgan fingerprint density at radius 3 is 2.24 bits per heavy atom. The van der Waals surface area contributed by atoms with Crippen LogP contribution < -0.4 is 0 Å². The van der Waals surface area contributed by atoms with Gasteiger partial charge in [-0.25, -0.2) is 4.79 Å². The monoisotopic (exact) mass is 392 g/mol. The molecule has 3 aromatic rings. The van der Waals surface area contributed by atoms with E-state index in [-0.39, 0.29) is 18.1 Å². The summed E-state index contributed by atoms with van der Waals surface area (Å²) in [6.07, 6.45) is 0. The normalized spacial score (nSPS) is 13.0. The van der Waals surface area contributed by atoms with E-state index in [0.29, 0.717) is 5.56 Å². The second-order valence-electron chi connectivity index (χ2n) is 6.14. The molecule has 7 heteroatoms. The smallest absolute Gasteiger partial charge is 0.373 e. The standard InChI is InChI=1S/C22H20N2O5/c1-16(25)29-22(18-11-7-4-8-12-18,20-14-13-19(28-20)21(26)27-2)24-23-15-17-9-5-3-6-10-17/h3-14H,15H2,1-2H3. The van der Waals surface area contributed by atoms with Crippen molar-refractivity contribution in [1.82, 2.24) is 0 Å². The van der Waals surface area contributed by atoms with Gasteiger partial charge in [-0.3, -0.25) is 4.79 Å². The van der Waals surface area contributed by atoms with Gasteiger partial charge < -0.3 is 13.9 Å². The number of hydrogen-bond acceptors (Lipinski definition) is 7. The first-order chi connectivity index (χ1) is 14.0. The molecule has 148 valence electrons. The fourth-order valence-corrected chi connectivity index (χ4v) is 2.78. The van der Waals surface area contributed by atoms with Crippen molar-refractivity contribution in [3.05, 3.63) is 95.4 Å². The van der Waals surface area contributed by atoms with E-state index < -0.39 is 17.7 Å². The number of furan rings is 1. The van der Waals surface area contributed by atoms with Gasteiger partial charge in [-0.15, -0.1) is 5.11 Å². The summed E-state index contributed by atoms with van der Waals surface area (Å²) in [7, 11) is 1.25. The fourth-order valence-electron chi connectivity index (χ4n) is 2.78. The number of ether oxygens (including phenoxy) is 2. The zero-order chi connectivity index (χ0) is 20.7. The van der Waals surface area contributed by atoms with Crippen molar-refractivity contribution in [3.8, 4) is 0 Å². The molecule has 0 amide bonds. The molecule has 0 aliphatic carbocycles. The minimum Gasteiger partial charge on any atom is -0.463 e. The van der Waals surface area contributed by atoms with Crippen LogP contribution in [0.25, 0.3) is 0 Å². The Kier molecular flexibility index (Phi) is 6.19. The number of carbonyl (C=O) groups excluding carboxylic acids is 2. The lowest BCUT2D eigenvalue weighted by Crippen LogP contribution is -2.30. The van der Waals surface area contributed by atoms with Crippen LogP contribution >= 0.6 is 0 Å². The van der Waals surface area contributed by atoms with E-state index in [1.54, 1.807) is 24.3 Å². The Morgan fingerprint density at radius 1 is 0.966 bits per heavy atom. The molecule has 0 fully saturated rings. The van der Waals surface area contributed by atoms with Crippen LogP contribution in [0, 0.1) is 0 Å². The molecule has 0 aliphatic rings.